The van der Waals surface area contributed by atoms with E-state index in [1.807, 2.05) is 0 Å². The number of nitrogens with one attached hydrogen (secondary N) is 2. The minimum atomic E-state index is -4.04. The average molecular weight is 297 g/mol. The van der Waals surface area contributed by atoms with E-state index in [2.05, 4.69) is 24.9 Å². The molecule has 10 heteroatoms. The van der Waals surface area contributed by atoms with Crippen LogP contribution in [0.25, 0.3) is 0 Å². The molecule has 0 spiro atoms. The zero-order chi connectivity index (χ0) is 14.6. The van der Waals surface area contributed by atoms with Crippen molar-refractivity contribution >= 4 is 21.8 Å². The fourth-order valence-electron chi connectivity index (χ4n) is 1.37. The lowest BCUT2D eigenvalue weighted by atomic mass is 10.4. The summed E-state index contributed by atoms with van der Waals surface area (Å²) in [7, 11) is -4.04. The van der Waals surface area contributed by atoms with Crippen LogP contribution >= 0.6 is 0 Å². The number of hydrogen-bond acceptors (Lipinski definition) is 7. The van der Waals surface area contributed by atoms with E-state index in [1.54, 1.807) is 6.92 Å². The van der Waals surface area contributed by atoms with Crippen LogP contribution in [0.2, 0.25) is 0 Å². The molecule has 2 aromatic heterocycles. The molecule has 9 nitrogen and oxygen atoms in total. The first-order chi connectivity index (χ1) is 9.54. The maximum atomic E-state index is 12.1. The minimum Gasteiger partial charge on any atom is -0.462 e. The summed E-state index contributed by atoms with van der Waals surface area (Å²) in [5.74, 6) is -0.752. The highest BCUT2D eigenvalue weighted by molar-refractivity contribution is 7.92. The van der Waals surface area contributed by atoms with Crippen molar-refractivity contribution in [3.05, 3.63) is 30.4 Å². The maximum Gasteiger partial charge on any atom is 0.342 e. The van der Waals surface area contributed by atoms with E-state index < -0.39 is 16.0 Å². The first kappa shape index (κ1) is 13.9. The summed E-state index contributed by atoms with van der Waals surface area (Å²) in [4.78, 5) is 19.1. The number of anilines is 1. The zero-order valence-electron chi connectivity index (χ0n) is 10.4. The Hall–Kier alpha value is -2.49. The number of H-pyrrole nitrogens is 1. The van der Waals surface area contributed by atoms with Crippen molar-refractivity contribution in [3.8, 4) is 0 Å². The van der Waals surface area contributed by atoms with Gasteiger partial charge in [-0.2, -0.15) is 13.5 Å². The van der Waals surface area contributed by atoms with Gasteiger partial charge in [-0.05, 0) is 6.92 Å². The molecule has 0 aliphatic rings. The lowest BCUT2D eigenvalue weighted by Gasteiger charge is -2.06. The molecule has 0 aromatic carbocycles. The van der Waals surface area contributed by atoms with E-state index in [0.29, 0.717) is 0 Å². The summed E-state index contributed by atoms with van der Waals surface area (Å²) in [5, 5.41) is 5.42. The standard InChI is InChI=1S/C10H11N5O4S/c1-2-19-10(16)7-5-13-14-9(7)20(17,18)15-8-6-11-3-4-12-8/h3-6H,2H2,1H3,(H,12,15)(H,13,14). The third kappa shape index (κ3) is 2.91. The summed E-state index contributed by atoms with van der Waals surface area (Å²) in [6, 6.07) is 0. The smallest absolute Gasteiger partial charge is 0.342 e. The van der Waals surface area contributed by atoms with Crippen LogP contribution < -0.4 is 4.72 Å². The molecule has 0 bridgehead atoms. The van der Waals surface area contributed by atoms with Crippen molar-refractivity contribution in [2.45, 2.75) is 11.9 Å². The molecule has 0 saturated carbocycles. The number of sulfonamides is 1. The van der Waals surface area contributed by atoms with E-state index in [0.717, 1.165) is 6.20 Å². The van der Waals surface area contributed by atoms with Crippen molar-refractivity contribution in [2.75, 3.05) is 11.3 Å². The normalized spacial score (nSPS) is 11.1. The Bertz CT molecular complexity index is 697. The average Bonchev–Trinajstić information content (AvgIpc) is 2.90. The van der Waals surface area contributed by atoms with Gasteiger partial charge in [-0.1, -0.05) is 0 Å². The van der Waals surface area contributed by atoms with Gasteiger partial charge in [0, 0.05) is 12.4 Å². The number of aromatic nitrogens is 4. The predicted molar refractivity (Wildman–Crippen MR) is 67.4 cm³/mol. The van der Waals surface area contributed by atoms with E-state index in [-0.39, 0.29) is 23.0 Å². The van der Waals surface area contributed by atoms with E-state index in [4.69, 9.17) is 4.74 Å². The number of hydrogen-bond donors (Lipinski definition) is 2. The number of nitrogens with zero attached hydrogens (tertiary/aromatic N) is 3. The van der Waals surface area contributed by atoms with Crippen LogP contribution in [0.3, 0.4) is 0 Å². The molecule has 0 saturated heterocycles. The number of esters is 1. The van der Waals surface area contributed by atoms with Crippen molar-refractivity contribution in [1.82, 2.24) is 20.2 Å². The number of rotatable bonds is 5. The second kappa shape index (κ2) is 5.65. The van der Waals surface area contributed by atoms with Gasteiger partial charge in [0.15, 0.2) is 10.8 Å². The van der Waals surface area contributed by atoms with Gasteiger partial charge in [0.05, 0.1) is 19.0 Å². The third-order valence-corrected chi connectivity index (χ3v) is 3.50. The molecule has 0 amide bonds. The molecular weight excluding hydrogens is 286 g/mol. The van der Waals surface area contributed by atoms with Gasteiger partial charge in [0.2, 0.25) is 0 Å². The van der Waals surface area contributed by atoms with Crippen molar-refractivity contribution in [1.29, 1.82) is 0 Å². The molecule has 2 aromatic rings. The lowest BCUT2D eigenvalue weighted by molar-refractivity contribution is 0.0522. The molecule has 0 unspecified atom stereocenters. The Morgan fingerprint density at radius 1 is 1.40 bits per heavy atom. The summed E-state index contributed by atoms with van der Waals surface area (Å²) in [6.45, 7) is 1.74. The molecular formula is C10H11N5O4S. The number of carbonyl (C=O) groups is 1. The molecule has 0 fully saturated rings. The van der Waals surface area contributed by atoms with Crippen LogP contribution in [0.5, 0.6) is 0 Å². The fourth-order valence-corrected chi connectivity index (χ4v) is 2.46. The molecule has 0 atom stereocenters. The first-order valence-electron chi connectivity index (χ1n) is 5.54. The van der Waals surface area contributed by atoms with Crippen LogP contribution in [0.4, 0.5) is 5.82 Å². The van der Waals surface area contributed by atoms with Crippen LogP contribution in [0.1, 0.15) is 17.3 Å². The molecule has 2 N–H and O–H groups in total. The Balaban J connectivity index is 2.31. The Morgan fingerprint density at radius 3 is 2.85 bits per heavy atom. The molecule has 0 radical (unpaired) electrons. The van der Waals surface area contributed by atoms with Crippen LogP contribution in [-0.4, -0.2) is 41.2 Å². The third-order valence-electron chi connectivity index (χ3n) is 2.17. The Morgan fingerprint density at radius 2 is 2.20 bits per heavy atom. The van der Waals surface area contributed by atoms with Crippen LogP contribution in [0.15, 0.2) is 29.8 Å². The monoisotopic (exact) mass is 297 g/mol. The van der Waals surface area contributed by atoms with Crippen LogP contribution in [-0.2, 0) is 14.8 Å². The Labute approximate surface area is 114 Å². The maximum absolute atomic E-state index is 12.1. The summed E-state index contributed by atoms with van der Waals surface area (Å²) in [6.07, 6.45) is 5.05. The second-order valence-electron chi connectivity index (χ2n) is 3.53. The zero-order valence-corrected chi connectivity index (χ0v) is 11.2. The molecule has 0 aliphatic heterocycles. The highest BCUT2D eigenvalue weighted by Gasteiger charge is 2.26. The van der Waals surface area contributed by atoms with Gasteiger partial charge in [0.25, 0.3) is 10.0 Å². The van der Waals surface area contributed by atoms with Crippen molar-refractivity contribution in [2.24, 2.45) is 0 Å². The van der Waals surface area contributed by atoms with Gasteiger partial charge in [-0.15, -0.1) is 0 Å². The first-order valence-corrected chi connectivity index (χ1v) is 7.02. The summed E-state index contributed by atoms with van der Waals surface area (Å²) < 4.78 is 31.2. The molecule has 106 valence electrons. The highest BCUT2D eigenvalue weighted by Crippen LogP contribution is 2.16. The highest BCUT2D eigenvalue weighted by atomic mass is 32.2. The number of aromatic amines is 1. The molecule has 20 heavy (non-hydrogen) atoms. The topological polar surface area (TPSA) is 127 Å². The quantitative estimate of drug-likeness (QED) is 0.753. The van der Waals surface area contributed by atoms with Gasteiger partial charge in [-0.3, -0.25) is 14.8 Å². The van der Waals surface area contributed by atoms with Gasteiger partial charge >= 0.3 is 5.97 Å². The largest absolute Gasteiger partial charge is 0.462 e. The van der Waals surface area contributed by atoms with Crippen molar-refractivity contribution < 1.29 is 17.9 Å². The van der Waals surface area contributed by atoms with Gasteiger partial charge < -0.3 is 4.74 Å². The number of carbonyl (C=O) groups excluding carboxylic acids is 1. The summed E-state index contributed by atoms with van der Waals surface area (Å²) >= 11 is 0. The molecule has 2 heterocycles. The number of ether oxygens (including phenoxy) is 1. The van der Waals surface area contributed by atoms with E-state index in [9.17, 15) is 13.2 Å². The van der Waals surface area contributed by atoms with E-state index >= 15 is 0 Å². The summed E-state index contributed by atoms with van der Waals surface area (Å²) in [5.41, 5.74) is -0.178. The second-order valence-corrected chi connectivity index (χ2v) is 5.15. The SMILES string of the molecule is CCOC(=O)c1cn[nH]c1S(=O)(=O)Nc1cnccn1. The predicted octanol–water partition coefficient (Wildman–Crippen LogP) is 0.177. The fraction of sp³-hybridized carbons (Fsp3) is 0.200. The van der Waals surface area contributed by atoms with Gasteiger partial charge in [-0.25, -0.2) is 9.78 Å². The molecule has 2 rings (SSSR count). The van der Waals surface area contributed by atoms with Crippen LogP contribution in [0, 0.1) is 0 Å². The lowest BCUT2D eigenvalue weighted by Crippen LogP contribution is -2.18. The van der Waals surface area contributed by atoms with Crippen molar-refractivity contribution in [3.63, 3.8) is 0 Å². The van der Waals surface area contributed by atoms with Gasteiger partial charge in [0.1, 0.15) is 5.56 Å². The van der Waals surface area contributed by atoms with E-state index in [1.165, 1.54) is 18.6 Å². The molecule has 0 aliphatic carbocycles. The minimum absolute atomic E-state index is 0.0249. The Kier molecular flexibility index (Phi) is 3.94.